The molecular weight excluding hydrogens is 412 g/mol. The van der Waals surface area contributed by atoms with E-state index in [9.17, 15) is 20.0 Å². The van der Waals surface area contributed by atoms with Gasteiger partial charge in [0, 0.05) is 24.2 Å². The Labute approximate surface area is 180 Å². The van der Waals surface area contributed by atoms with Crippen molar-refractivity contribution < 1.29 is 14.4 Å². The minimum Gasteiger partial charge on any atom is -0.493 e. The van der Waals surface area contributed by atoms with Crippen molar-refractivity contribution in [3.8, 4) is 17.6 Å². The number of carbonyl (C=O) groups excluding carboxylic acids is 1. The van der Waals surface area contributed by atoms with E-state index in [0.717, 1.165) is 0 Å². The van der Waals surface area contributed by atoms with Crippen molar-refractivity contribution in [3.63, 3.8) is 0 Å². The van der Waals surface area contributed by atoms with E-state index in [1.807, 2.05) is 0 Å². The number of aromatic nitrogens is 4. The van der Waals surface area contributed by atoms with Crippen LogP contribution < -0.4 is 5.69 Å². The fourth-order valence-corrected chi connectivity index (χ4v) is 4.94. The predicted octanol–water partition coefficient (Wildman–Crippen LogP) is 2.20. The first kappa shape index (κ1) is 18.4. The van der Waals surface area contributed by atoms with Crippen LogP contribution >= 0.6 is 0 Å². The summed E-state index contributed by atoms with van der Waals surface area (Å²) < 4.78 is 7.82. The van der Waals surface area contributed by atoms with Gasteiger partial charge in [-0.05, 0) is 37.6 Å². The molecule has 6 rings (SSSR count). The summed E-state index contributed by atoms with van der Waals surface area (Å²) in [5, 5.41) is 24.9. The number of likely N-dealkylation sites (tertiary alicyclic amines) is 1. The third kappa shape index (κ3) is 2.27. The Morgan fingerprint density at radius 2 is 2.19 bits per heavy atom. The van der Waals surface area contributed by atoms with Gasteiger partial charge in [-0.3, -0.25) is 14.3 Å². The second kappa shape index (κ2) is 6.31. The van der Waals surface area contributed by atoms with Crippen LogP contribution in [0.25, 0.3) is 16.6 Å². The molecule has 0 radical (unpaired) electrons. The van der Waals surface area contributed by atoms with Gasteiger partial charge in [-0.1, -0.05) is 5.16 Å². The Morgan fingerprint density at radius 1 is 1.34 bits per heavy atom. The quantitative estimate of drug-likeness (QED) is 0.518. The highest BCUT2D eigenvalue weighted by Crippen LogP contribution is 2.49. The topological polar surface area (TPSA) is 130 Å². The van der Waals surface area contributed by atoms with Crippen LogP contribution in [-0.4, -0.2) is 41.7 Å². The summed E-state index contributed by atoms with van der Waals surface area (Å²) in [4.78, 5) is 32.2. The lowest BCUT2D eigenvalue weighted by atomic mass is 10.1. The Hall–Kier alpha value is -4.39. The van der Waals surface area contributed by atoms with E-state index in [2.05, 4.69) is 16.2 Å². The average Bonchev–Trinajstić information content (AvgIpc) is 3.56. The molecular formula is C22H16N6O4. The molecule has 2 aliphatic rings. The SMILES string of the molecule is Cc1cc(C(=O)N2C[C@@H]3C[C@H]2c2c(O)n(-c4ccc(C#N)c5ncccc45)c(=O)n23)no1. The van der Waals surface area contributed by atoms with E-state index < -0.39 is 6.04 Å². The number of fused-ring (bicyclic) bond motifs is 6. The highest BCUT2D eigenvalue weighted by atomic mass is 16.5. The third-order valence-electron chi connectivity index (χ3n) is 6.27. The van der Waals surface area contributed by atoms with Crippen molar-refractivity contribution >= 4 is 16.8 Å². The number of imidazole rings is 1. The molecule has 4 aromatic rings. The first-order chi connectivity index (χ1) is 15.5. The van der Waals surface area contributed by atoms with Crippen molar-refractivity contribution in [1.82, 2.24) is 24.2 Å². The molecule has 2 aliphatic heterocycles. The average molecular weight is 428 g/mol. The molecule has 1 amide bonds. The number of nitrogens with zero attached hydrogens (tertiary/aromatic N) is 6. The number of aromatic hydroxyl groups is 1. The Morgan fingerprint density at radius 3 is 2.94 bits per heavy atom. The minimum absolute atomic E-state index is 0.201. The van der Waals surface area contributed by atoms with Gasteiger partial charge >= 0.3 is 5.69 Å². The van der Waals surface area contributed by atoms with Crippen molar-refractivity contribution in [2.75, 3.05) is 6.54 Å². The van der Waals surface area contributed by atoms with E-state index >= 15 is 0 Å². The van der Waals surface area contributed by atoms with Crippen molar-refractivity contribution in [3.05, 3.63) is 69.7 Å². The molecule has 1 aromatic carbocycles. The molecule has 158 valence electrons. The normalized spacial score (nSPS) is 18.8. The number of amides is 1. The largest absolute Gasteiger partial charge is 0.493 e. The highest BCUT2D eigenvalue weighted by Gasteiger charge is 2.49. The zero-order valence-corrected chi connectivity index (χ0v) is 16.9. The molecule has 5 heterocycles. The van der Waals surface area contributed by atoms with Crippen LogP contribution in [0.5, 0.6) is 5.88 Å². The van der Waals surface area contributed by atoms with Gasteiger partial charge in [0.15, 0.2) is 5.69 Å². The minimum atomic E-state index is -0.443. The number of benzene rings is 1. The Balaban J connectivity index is 1.50. The van der Waals surface area contributed by atoms with Gasteiger partial charge in [0.2, 0.25) is 5.88 Å². The summed E-state index contributed by atoms with van der Waals surface area (Å²) in [7, 11) is 0. The van der Waals surface area contributed by atoms with Crippen LogP contribution in [0, 0.1) is 18.3 Å². The molecule has 0 unspecified atom stereocenters. The second-order valence-corrected chi connectivity index (χ2v) is 8.03. The highest BCUT2D eigenvalue weighted by molar-refractivity contribution is 5.93. The molecule has 0 aliphatic carbocycles. The zero-order chi connectivity index (χ0) is 22.1. The third-order valence-corrected chi connectivity index (χ3v) is 6.27. The van der Waals surface area contributed by atoms with Crippen LogP contribution in [0.4, 0.5) is 0 Å². The molecule has 3 aromatic heterocycles. The number of nitriles is 1. The molecule has 1 N–H and O–H groups in total. The second-order valence-electron chi connectivity index (χ2n) is 8.03. The lowest BCUT2D eigenvalue weighted by molar-refractivity contribution is 0.0700. The first-order valence-corrected chi connectivity index (χ1v) is 10.1. The van der Waals surface area contributed by atoms with Gasteiger partial charge in [0.1, 0.15) is 17.5 Å². The first-order valence-electron chi connectivity index (χ1n) is 10.1. The summed E-state index contributed by atoms with van der Waals surface area (Å²) in [5.41, 5.74) is 1.48. The number of hydrogen-bond acceptors (Lipinski definition) is 7. The number of hydrogen-bond donors (Lipinski definition) is 1. The van der Waals surface area contributed by atoms with Gasteiger partial charge in [-0.25, -0.2) is 9.36 Å². The number of carbonyl (C=O) groups is 1. The van der Waals surface area contributed by atoms with E-state index in [1.165, 1.54) is 4.57 Å². The smallest absolute Gasteiger partial charge is 0.336 e. The van der Waals surface area contributed by atoms with E-state index in [-0.39, 0.29) is 29.2 Å². The molecule has 2 bridgehead atoms. The Bertz CT molecular complexity index is 1540. The van der Waals surface area contributed by atoms with Crippen molar-refractivity contribution in [2.45, 2.75) is 25.4 Å². The summed E-state index contributed by atoms with van der Waals surface area (Å²) in [6.45, 7) is 2.06. The predicted molar refractivity (Wildman–Crippen MR) is 110 cm³/mol. The maximum Gasteiger partial charge on any atom is 0.336 e. The molecule has 32 heavy (non-hydrogen) atoms. The standard InChI is InChI=1S/C22H16N6O4/c1-11-7-15(25-32-11)20(29)26-10-13-8-17(26)19-21(30)28(22(31)27(13)19)16-5-4-12(9-23)18-14(16)3-2-6-24-18/h2-7,13,17,30H,8,10H2,1H3/t13-,17-/m0/s1. The monoisotopic (exact) mass is 428 g/mol. The molecule has 10 nitrogen and oxygen atoms in total. The summed E-state index contributed by atoms with van der Waals surface area (Å²) in [6, 6.07) is 9.66. The summed E-state index contributed by atoms with van der Waals surface area (Å²) in [5.74, 6) is 0.0179. The Kier molecular flexibility index (Phi) is 3.62. The van der Waals surface area contributed by atoms with E-state index in [4.69, 9.17) is 4.52 Å². The van der Waals surface area contributed by atoms with Crippen molar-refractivity contribution in [1.29, 1.82) is 5.26 Å². The lowest BCUT2D eigenvalue weighted by Crippen LogP contribution is -2.38. The number of rotatable bonds is 2. The molecule has 0 spiro atoms. The van der Waals surface area contributed by atoms with Crippen molar-refractivity contribution in [2.24, 2.45) is 0 Å². The molecule has 1 saturated heterocycles. The van der Waals surface area contributed by atoms with Crippen LogP contribution in [0.15, 0.2) is 45.8 Å². The number of aryl methyl sites for hydroxylation is 1. The molecule has 0 saturated carbocycles. The van der Waals surface area contributed by atoms with Gasteiger partial charge in [-0.15, -0.1) is 0 Å². The van der Waals surface area contributed by atoms with E-state index in [0.29, 0.717) is 46.6 Å². The lowest BCUT2D eigenvalue weighted by Gasteiger charge is -2.26. The van der Waals surface area contributed by atoms with Crippen LogP contribution in [0.3, 0.4) is 0 Å². The zero-order valence-electron chi connectivity index (χ0n) is 16.9. The summed E-state index contributed by atoms with van der Waals surface area (Å²) in [6.07, 6.45) is 2.13. The van der Waals surface area contributed by atoms with Crippen LogP contribution in [-0.2, 0) is 0 Å². The van der Waals surface area contributed by atoms with E-state index in [1.54, 1.807) is 52.9 Å². The fourth-order valence-electron chi connectivity index (χ4n) is 4.94. The van der Waals surface area contributed by atoms with Gasteiger partial charge in [0.25, 0.3) is 5.91 Å². The summed E-state index contributed by atoms with van der Waals surface area (Å²) >= 11 is 0. The van der Waals surface area contributed by atoms with Gasteiger partial charge in [-0.2, -0.15) is 5.26 Å². The van der Waals surface area contributed by atoms with Crippen LogP contribution in [0.1, 0.15) is 46.0 Å². The fraction of sp³-hybridized carbons (Fsp3) is 0.227. The maximum atomic E-state index is 13.4. The molecule has 1 fully saturated rings. The van der Waals surface area contributed by atoms with Gasteiger partial charge in [0.05, 0.1) is 28.9 Å². The van der Waals surface area contributed by atoms with Crippen LogP contribution in [0.2, 0.25) is 0 Å². The molecule has 10 heteroatoms. The maximum absolute atomic E-state index is 13.4. The van der Waals surface area contributed by atoms with Gasteiger partial charge < -0.3 is 14.5 Å². The molecule has 2 atom stereocenters. The number of pyridine rings is 1.